The third-order valence-electron chi connectivity index (χ3n) is 3.08. The first-order valence-electron chi connectivity index (χ1n) is 7.91. The summed E-state index contributed by atoms with van der Waals surface area (Å²) in [6, 6.07) is 8.53. The van der Waals surface area contributed by atoms with Gasteiger partial charge in [0.15, 0.2) is 0 Å². The third-order valence-corrected chi connectivity index (χ3v) is 4.13. The molecule has 0 amide bonds. The monoisotopic (exact) mass is 418 g/mol. The Morgan fingerprint density at radius 3 is 2.45 bits per heavy atom. The molecule has 0 N–H and O–H groups in total. The molecule has 1 aromatic carbocycles. The number of halogens is 1. The third kappa shape index (κ3) is 9.41. The van der Waals surface area contributed by atoms with E-state index in [1.165, 1.54) is 22.0 Å². The summed E-state index contributed by atoms with van der Waals surface area (Å²) in [6.45, 7) is 6.26. The molecular weight excluding hydrogens is 391 g/mol. The number of hydrogen-bond acceptors (Lipinski definition) is 3. The Morgan fingerprint density at radius 2 is 1.77 bits per heavy atom. The molecule has 3 nitrogen and oxygen atoms in total. The second kappa shape index (κ2) is 10.2. The van der Waals surface area contributed by atoms with E-state index in [0.29, 0.717) is 6.61 Å². The van der Waals surface area contributed by atoms with Crippen LogP contribution in [0.25, 0.3) is 0 Å². The van der Waals surface area contributed by atoms with E-state index in [1.807, 2.05) is 20.8 Å². The number of aryl methyl sites for hydroxylation is 1. The molecule has 22 heavy (non-hydrogen) atoms. The van der Waals surface area contributed by atoms with E-state index in [4.69, 9.17) is 9.47 Å². The highest BCUT2D eigenvalue weighted by Gasteiger charge is 2.15. The lowest BCUT2D eigenvalue weighted by molar-refractivity contribution is -0.160. The van der Waals surface area contributed by atoms with Crippen molar-refractivity contribution in [3.63, 3.8) is 0 Å². The van der Waals surface area contributed by atoms with Gasteiger partial charge in [0.05, 0.1) is 0 Å². The molecule has 0 unspecified atom stereocenters. The molecule has 0 atom stereocenters. The number of unbranched alkanes of at least 4 members (excludes halogenated alkanes) is 3. The largest absolute Gasteiger partial charge is 0.458 e. The van der Waals surface area contributed by atoms with Gasteiger partial charge in [-0.2, -0.15) is 0 Å². The molecule has 0 radical (unpaired) electrons. The maximum absolute atomic E-state index is 11.4. The molecule has 1 aromatic rings. The first kappa shape index (κ1) is 19.4. The predicted octanol–water partition coefficient (Wildman–Crippen LogP) is 4.75. The summed E-state index contributed by atoms with van der Waals surface area (Å²) in [5.41, 5.74) is 0.999. The standard InChI is InChI=1S/C18H27IO3/c1-18(2,3)22-17(20)14-21-13-9-5-4-6-10-15-11-7-8-12-16(15)19/h7-8,11-12H,4-6,9-10,13-14H2,1-3H3. The predicted molar refractivity (Wildman–Crippen MR) is 98.0 cm³/mol. The normalized spacial score (nSPS) is 11.5. The van der Waals surface area contributed by atoms with Gasteiger partial charge in [0.1, 0.15) is 12.2 Å². The van der Waals surface area contributed by atoms with Crippen LogP contribution < -0.4 is 0 Å². The molecule has 4 heteroatoms. The van der Waals surface area contributed by atoms with Crippen LogP contribution in [-0.4, -0.2) is 24.8 Å². The van der Waals surface area contributed by atoms with E-state index >= 15 is 0 Å². The van der Waals surface area contributed by atoms with E-state index < -0.39 is 5.60 Å². The smallest absolute Gasteiger partial charge is 0.332 e. The Bertz CT molecular complexity index is 452. The van der Waals surface area contributed by atoms with Crippen LogP contribution >= 0.6 is 22.6 Å². The topological polar surface area (TPSA) is 35.5 Å². The van der Waals surface area contributed by atoms with Gasteiger partial charge in [0.2, 0.25) is 0 Å². The molecule has 124 valence electrons. The van der Waals surface area contributed by atoms with Gasteiger partial charge in [-0.3, -0.25) is 0 Å². The van der Waals surface area contributed by atoms with Crippen LogP contribution in [0.15, 0.2) is 24.3 Å². The second-order valence-electron chi connectivity index (χ2n) is 6.39. The van der Waals surface area contributed by atoms with Crippen molar-refractivity contribution in [1.82, 2.24) is 0 Å². The van der Waals surface area contributed by atoms with Crippen molar-refractivity contribution < 1.29 is 14.3 Å². The number of ether oxygens (including phenoxy) is 2. The van der Waals surface area contributed by atoms with Crippen molar-refractivity contribution in [3.05, 3.63) is 33.4 Å². The molecule has 0 aromatic heterocycles. The fraction of sp³-hybridized carbons (Fsp3) is 0.611. The van der Waals surface area contributed by atoms with Gasteiger partial charge in [-0.05, 0) is 74.3 Å². The molecule has 0 aliphatic rings. The van der Waals surface area contributed by atoms with E-state index in [-0.39, 0.29) is 12.6 Å². The molecule has 0 aliphatic carbocycles. The Balaban J connectivity index is 1.98. The second-order valence-corrected chi connectivity index (χ2v) is 7.56. The number of esters is 1. The zero-order valence-corrected chi connectivity index (χ0v) is 16.0. The summed E-state index contributed by atoms with van der Waals surface area (Å²) < 4.78 is 11.9. The summed E-state index contributed by atoms with van der Waals surface area (Å²) in [5.74, 6) is -0.286. The summed E-state index contributed by atoms with van der Waals surface area (Å²) in [4.78, 5) is 11.4. The Morgan fingerprint density at radius 1 is 1.09 bits per heavy atom. The molecule has 0 heterocycles. The Labute approximate surface area is 147 Å². The number of hydrogen-bond donors (Lipinski definition) is 0. The minimum atomic E-state index is -0.435. The highest BCUT2D eigenvalue weighted by atomic mass is 127. The number of carbonyl (C=O) groups excluding carboxylic acids is 1. The molecule has 0 fully saturated rings. The zero-order chi connectivity index (χ0) is 16.4. The van der Waals surface area contributed by atoms with Gasteiger partial charge in [-0.25, -0.2) is 4.79 Å². The van der Waals surface area contributed by atoms with Gasteiger partial charge < -0.3 is 9.47 Å². The number of rotatable bonds is 9. The highest BCUT2D eigenvalue weighted by molar-refractivity contribution is 14.1. The lowest BCUT2D eigenvalue weighted by Gasteiger charge is -2.19. The molecule has 0 saturated carbocycles. The maximum Gasteiger partial charge on any atom is 0.332 e. The van der Waals surface area contributed by atoms with Crippen LogP contribution in [0.3, 0.4) is 0 Å². The number of benzene rings is 1. The summed E-state index contributed by atoms with van der Waals surface area (Å²) >= 11 is 2.39. The lowest BCUT2D eigenvalue weighted by atomic mass is 10.1. The van der Waals surface area contributed by atoms with Crippen molar-refractivity contribution in [1.29, 1.82) is 0 Å². The lowest BCUT2D eigenvalue weighted by Crippen LogP contribution is -2.26. The van der Waals surface area contributed by atoms with E-state index in [9.17, 15) is 4.79 Å². The molecule has 0 saturated heterocycles. The first-order chi connectivity index (χ1) is 10.4. The minimum absolute atomic E-state index is 0.0550. The van der Waals surface area contributed by atoms with Crippen LogP contribution in [-0.2, 0) is 20.7 Å². The summed E-state index contributed by atoms with van der Waals surface area (Å²) in [5, 5.41) is 0. The van der Waals surface area contributed by atoms with Crippen LogP contribution in [0, 0.1) is 3.57 Å². The molecular formula is C18H27IO3. The van der Waals surface area contributed by atoms with Gasteiger partial charge in [-0.15, -0.1) is 0 Å². The van der Waals surface area contributed by atoms with Crippen molar-refractivity contribution in [3.8, 4) is 0 Å². The SMILES string of the molecule is CC(C)(C)OC(=O)COCCCCCCc1ccccc1I. The Kier molecular flexibility index (Phi) is 9.02. The number of carbonyl (C=O) groups is 1. The van der Waals surface area contributed by atoms with Gasteiger partial charge >= 0.3 is 5.97 Å². The Hall–Kier alpha value is -0.620. The van der Waals surface area contributed by atoms with Crippen LogP contribution in [0.5, 0.6) is 0 Å². The van der Waals surface area contributed by atoms with Gasteiger partial charge in [-0.1, -0.05) is 31.0 Å². The zero-order valence-electron chi connectivity index (χ0n) is 13.9. The summed E-state index contributed by atoms with van der Waals surface area (Å²) in [6.07, 6.45) is 5.66. The first-order valence-corrected chi connectivity index (χ1v) is 8.99. The van der Waals surface area contributed by atoms with E-state index in [0.717, 1.165) is 19.3 Å². The van der Waals surface area contributed by atoms with Crippen LogP contribution in [0.4, 0.5) is 0 Å². The van der Waals surface area contributed by atoms with Gasteiger partial charge in [0, 0.05) is 10.2 Å². The molecule has 1 rings (SSSR count). The van der Waals surface area contributed by atoms with E-state index in [2.05, 4.69) is 46.9 Å². The highest BCUT2D eigenvalue weighted by Crippen LogP contribution is 2.15. The molecule has 0 aliphatic heterocycles. The van der Waals surface area contributed by atoms with Crippen molar-refractivity contribution in [2.75, 3.05) is 13.2 Å². The summed E-state index contributed by atoms with van der Waals surface area (Å²) in [7, 11) is 0. The fourth-order valence-corrected chi connectivity index (χ4v) is 2.76. The average molecular weight is 418 g/mol. The van der Waals surface area contributed by atoms with Crippen LogP contribution in [0.1, 0.15) is 52.0 Å². The minimum Gasteiger partial charge on any atom is -0.458 e. The van der Waals surface area contributed by atoms with Crippen molar-refractivity contribution >= 4 is 28.6 Å². The van der Waals surface area contributed by atoms with Crippen molar-refractivity contribution in [2.24, 2.45) is 0 Å². The van der Waals surface area contributed by atoms with Gasteiger partial charge in [0.25, 0.3) is 0 Å². The maximum atomic E-state index is 11.4. The van der Waals surface area contributed by atoms with Crippen LogP contribution in [0.2, 0.25) is 0 Å². The quantitative estimate of drug-likeness (QED) is 0.330. The molecule has 0 spiro atoms. The fourth-order valence-electron chi connectivity index (χ4n) is 2.10. The molecule has 0 bridgehead atoms. The average Bonchev–Trinajstić information content (AvgIpc) is 2.41. The van der Waals surface area contributed by atoms with Crippen molar-refractivity contribution in [2.45, 2.75) is 58.5 Å². The van der Waals surface area contributed by atoms with E-state index in [1.54, 1.807) is 0 Å².